The van der Waals surface area contributed by atoms with Gasteiger partial charge in [-0.3, -0.25) is 0 Å². The number of halogens is 1. The van der Waals surface area contributed by atoms with Crippen LogP contribution < -0.4 is 0 Å². The molecule has 1 heterocycles. The summed E-state index contributed by atoms with van der Waals surface area (Å²) in [5.74, 6) is 0. The van der Waals surface area contributed by atoms with Crippen molar-refractivity contribution in [3.05, 3.63) is 77.3 Å². The molecule has 3 aromatic rings. The second-order valence-electron chi connectivity index (χ2n) is 7.80. The van der Waals surface area contributed by atoms with Gasteiger partial charge in [0.25, 0.3) is 0 Å². The number of benzene rings is 2. The summed E-state index contributed by atoms with van der Waals surface area (Å²) < 4.78 is 27.1. The summed E-state index contributed by atoms with van der Waals surface area (Å²) in [5.41, 5.74) is 5.64. The topological polar surface area (TPSA) is 59.9 Å². The molecule has 0 radical (unpaired) electrons. The second kappa shape index (κ2) is 9.75. The minimum atomic E-state index is -3.80. The van der Waals surface area contributed by atoms with Crippen LogP contribution in [0.3, 0.4) is 0 Å². The van der Waals surface area contributed by atoms with Crippen molar-refractivity contribution in [2.45, 2.75) is 56.2 Å². The van der Waals surface area contributed by atoms with Crippen molar-refractivity contribution in [2.24, 2.45) is 0 Å². The summed E-state index contributed by atoms with van der Waals surface area (Å²) in [7, 11) is -3.80. The molecule has 0 aliphatic rings. The molecule has 3 rings (SSSR count). The summed E-state index contributed by atoms with van der Waals surface area (Å²) in [6.45, 7) is 10.2. The maximum atomic E-state index is 13.5. The van der Waals surface area contributed by atoms with Gasteiger partial charge in [0.15, 0.2) is 0 Å². The molecule has 0 saturated carbocycles. The Bertz CT molecular complexity index is 1200. The molecule has 6 heteroatoms. The second-order valence-corrected chi connectivity index (χ2v) is 10.1. The van der Waals surface area contributed by atoms with E-state index in [-0.39, 0.29) is 10.2 Å². The number of rotatable bonds is 8. The largest absolute Gasteiger partial charge is 0.225 e. The van der Waals surface area contributed by atoms with Gasteiger partial charge in [0.05, 0.1) is 17.3 Å². The molecule has 0 spiro atoms. The Kier molecular flexibility index (Phi) is 7.29. The molecular weight excluding hydrogens is 428 g/mol. The van der Waals surface area contributed by atoms with Crippen LogP contribution in [-0.2, 0) is 16.3 Å². The third kappa shape index (κ3) is 5.23. The van der Waals surface area contributed by atoms with E-state index >= 15 is 0 Å². The number of hydrogen-bond acceptors (Lipinski definition) is 4. The molecule has 0 saturated heterocycles. The Morgan fingerprint density at radius 2 is 1.77 bits per heavy atom. The van der Waals surface area contributed by atoms with Gasteiger partial charge in [0, 0.05) is 0 Å². The normalized spacial score (nSPS) is 11.5. The lowest BCUT2D eigenvalue weighted by molar-refractivity contribution is 0.593. The summed E-state index contributed by atoms with van der Waals surface area (Å²) >= 11 is 5.77. The molecule has 0 aliphatic carbocycles. The van der Waals surface area contributed by atoms with Crippen molar-refractivity contribution in [3.8, 4) is 11.1 Å². The van der Waals surface area contributed by atoms with Gasteiger partial charge in [-0.05, 0) is 66.6 Å². The molecule has 0 N–H and O–H groups in total. The third-order valence-corrected chi connectivity index (χ3v) is 7.24. The minimum Gasteiger partial charge on any atom is -0.225 e. The lowest BCUT2D eigenvalue weighted by Crippen LogP contribution is -2.08. The van der Waals surface area contributed by atoms with Crippen LogP contribution in [0.1, 0.15) is 49.8 Å². The Hall–Kier alpha value is -2.50. The number of hydrogen-bond donors (Lipinski definition) is 0. The van der Waals surface area contributed by atoms with Crippen LogP contribution in [0.15, 0.2) is 65.2 Å². The molecule has 0 bridgehead atoms. The highest BCUT2D eigenvalue weighted by atomic mass is 35.5. The summed E-state index contributed by atoms with van der Waals surface area (Å²) in [4.78, 5) is 8.07. The van der Waals surface area contributed by atoms with Crippen molar-refractivity contribution in [1.82, 2.24) is 9.97 Å². The number of aryl methyl sites for hydroxylation is 2. The molecule has 4 nitrogen and oxygen atoms in total. The Morgan fingerprint density at radius 3 is 2.42 bits per heavy atom. The van der Waals surface area contributed by atoms with E-state index in [2.05, 4.69) is 29.5 Å². The summed E-state index contributed by atoms with van der Waals surface area (Å²) in [5, 5.41) is 0.0155. The van der Waals surface area contributed by atoms with E-state index in [1.165, 1.54) is 12.4 Å². The van der Waals surface area contributed by atoms with Gasteiger partial charge in [0.1, 0.15) is 4.90 Å². The van der Waals surface area contributed by atoms with Gasteiger partial charge in [-0.15, -0.1) is 0 Å². The van der Waals surface area contributed by atoms with Crippen LogP contribution in [0.4, 0.5) is 0 Å². The lowest BCUT2D eigenvalue weighted by Gasteiger charge is -2.15. The zero-order valence-corrected chi connectivity index (χ0v) is 19.7. The fourth-order valence-electron chi connectivity index (χ4n) is 3.58. The monoisotopic (exact) mass is 454 g/mol. The highest BCUT2D eigenvalue weighted by Gasteiger charge is 2.23. The molecule has 1 aromatic heterocycles. The fraction of sp³-hybridized carbons (Fsp3) is 0.280. The molecule has 0 atom stereocenters. The van der Waals surface area contributed by atoms with Crippen LogP contribution in [0.5, 0.6) is 0 Å². The zero-order chi connectivity index (χ0) is 22.6. The minimum absolute atomic E-state index is 0.0155. The molecule has 2 aromatic carbocycles. The van der Waals surface area contributed by atoms with Crippen LogP contribution >= 0.6 is 11.6 Å². The maximum Gasteiger partial charge on any atom is 0.222 e. The van der Waals surface area contributed by atoms with E-state index in [9.17, 15) is 8.42 Å². The van der Waals surface area contributed by atoms with Gasteiger partial charge in [-0.25, -0.2) is 18.4 Å². The Balaban J connectivity index is 2.19. The standard InChI is InChI=1S/C25H27ClN2O2S/c1-5-6-7-8-19-10-11-20(23-13-18(4)9-12-22(23)17(2)3)14-24(19)31(29,30)21-15-27-25(26)28-16-21/h9-16H,2,5-8H2,1,3-4H3. The first-order valence-electron chi connectivity index (χ1n) is 10.4. The van der Waals surface area contributed by atoms with E-state index in [1.807, 2.05) is 38.1 Å². The first-order valence-corrected chi connectivity index (χ1v) is 12.2. The van der Waals surface area contributed by atoms with E-state index < -0.39 is 9.84 Å². The van der Waals surface area contributed by atoms with Crippen molar-refractivity contribution in [1.29, 1.82) is 0 Å². The fourth-order valence-corrected chi connectivity index (χ4v) is 5.11. The van der Waals surface area contributed by atoms with Gasteiger partial charge >= 0.3 is 0 Å². The number of nitrogens with zero attached hydrogens (tertiary/aromatic N) is 2. The first-order chi connectivity index (χ1) is 14.7. The molecule has 0 unspecified atom stereocenters. The number of sulfone groups is 1. The Labute approximate surface area is 190 Å². The lowest BCUT2D eigenvalue weighted by atomic mass is 9.93. The number of aromatic nitrogens is 2. The average molecular weight is 455 g/mol. The maximum absolute atomic E-state index is 13.5. The molecular formula is C25H27ClN2O2S. The van der Waals surface area contributed by atoms with Crippen molar-refractivity contribution in [3.63, 3.8) is 0 Å². The zero-order valence-electron chi connectivity index (χ0n) is 18.2. The SMILES string of the molecule is C=C(C)c1ccc(C)cc1-c1ccc(CCCCC)c(S(=O)(=O)c2cnc(Cl)nc2)c1. The first kappa shape index (κ1) is 23.2. The highest BCUT2D eigenvalue weighted by molar-refractivity contribution is 7.91. The average Bonchev–Trinajstić information content (AvgIpc) is 2.74. The molecule has 0 amide bonds. The summed E-state index contributed by atoms with van der Waals surface area (Å²) in [6.07, 6.45) is 6.26. The molecule has 0 aliphatic heterocycles. The molecule has 31 heavy (non-hydrogen) atoms. The van der Waals surface area contributed by atoms with Crippen LogP contribution in [-0.4, -0.2) is 18.4 Å². The van der Waals surface area contributed by atoms with E-state index in [1.54, 1.807) is 6.07 Å². The van der Waals surface area contributed by atoms with Crippen LogP contribution in [0.25, 0.3) is 16.7 Å². The molecule has 0 fully saturated rings. The predicted molar refractivity (Wildman–Crippen MR) is 127 cm³/mol. The summed E-state index contributed by atoms with van der Waals surface area (Å²) in [6, 6.07) is 11.8. The quantitative estimate of drug-likeness (QED) is 0.280. The highest BCUT2D eigenvalue weighted by Crippen LogP contribution is 2.34. The van der Waals surface area contributed by atoms with Crippen molar-refractivity contribution >= 4 is 27.0 Å². The van der Waals surface area contributed by atoms with Gasteiger partial charge < -0.3 is 0 Å². The van der Waals surface area contributed by atoms with E-state index in [4.69, 9.17) is 11.6 Å². The number of unbranched alkanes of at least 4 members (excludes halogenated alkanes) is 2. The van der Waals surface area contributed by atoms with Gasteiger partial charge in [-0.1, -0.05) is 67.8 Å². The molecule has 162 valence electrons. The number of allylic oxidation sites excluding steroid dienone is 1. The predicted octanol–water partition coefficient (Wildman–Crippen LogP) is 6.70. The van der Waals surface area contributed by atoms with E-state index in [0.717, 1.165) is 52.7 Å². The van der Waals surface area contributed by atoms with Crippen LogP contribution in [0, 0.1) is 6.92 Å². The van der Waals surface area contributed by atoms with Gasteiger partial charge in [-0.2, -0.15) is 0 Å². The van der Waals surface area contributed by atoms with E-state index in [0.29, 0.717) is 11.3 Å². The van der Waals surface area contributed by atoms with Gasteiger partial charge in [0.2, 0.25) is 15.1 Å². The smallest absolute Gasteiger partial charge is 0.222 e. The van der Waals surface area contributed by atoms with Crippen molar-refractivity contribution < 1.29 is 8.42 Å². The third-order valence-electron chi connectivity index (χ3n) is 5.26. The Morgan fingerprint density at radius 1 is 1.06 bits per heavy atom. The van der Waals surface area contributed by atoms with Crippen LogP contribution in [0.2, 0.25) is 5.28 Å². The van der Waals surface area contributed by atoms with Crippen molar-refractivity contribution in [2.75, 3.05) is 0 Å².